The number of rotatable bonds is 6. The number of aliphatic imine (C=N–C) groups is 1. The van der Waals surface area contributed by atoms with Gasteiger partial charge in [-0.25, -0.2) is 4.98 Å². The molecule has 0 aromatic carbocycles. The molecule has 2 N–H and O–H groups in total. The average Bonchev–Trinajstić information content (AvgIpc) is 3.25. The lowest BCUT2D eigenvalue weighted by atomic mass is 10.2. The van der Waals surface area contributed by atoms with E-state index in [-0.39, 0.29) is 5.91 Å². The lowest BCUT2D eigenvalue weighted by Gasteiger charge is -2.35. The molecular weight excluding hydrogens is 360 g/mol. The van der Waals surface area contributed by atoms with Crippen LogP contribution in [0.4, 0.5) is 5.82 Å². The molecule has 27 heavy (non-hydrogen) atoms. The summed E-state index contributed by atoms with van der Waals surface area (Å²) >= 11 is 1.68. The summed E-state index contributed by atoms with van der Waals surface area (Å²) in [6, 6.07) is 8.00. The SMILES string of the molecule is CN=C(NCCC(=O)N1CCN(c2ccccn2)CC1)NCc1ccsc1. The number of anilines is 1. The summed E-state index contributed by atoms with van der Waals surface area (Å²) in [5.74, 6) is 1.87. The van der Waals surface area contributed by atoms with Crippen LogP contribution in [0.25, 0.3) is 0 Å². The second-order valence-corrected chi connectivity index (χ2v) is 7.07. The zero-order valence-corrected chi connectivity index (χ0v) is 16.4. The van der Waals surface area contributed by atoms with Gasteiger partial charge in [-0.1, -0.05) is 6.07 Å². The van der Waals surface area contributed by atoms with E-state index in [1.165, 1.54) is 5.56 Å². The zero-order valence-electron chi connectivity index (χ0n) is 15.6. The van der Waals surface area contributed by atoms with Crippen molar-refractivity contribution >= 4 is 29.0 Å². The van der Waals surface area contributed by atoms with Crippen molar-refractivity contribution in [1.82, 2.24) is 20.5 Å². The molecular formula is C19H26N6OS. The van der Waals surface area contributed by atoms with Crippen molar-refractivity contribution in [2.45, 2.75) is 13.0 Å². The molecule has 1 amide bonds. The normalized spacial score (nSPS) is 14.9. The lowest BCUT2D eigenvalue weighted by molar-refractivity contribution is -0.131. The summed E-state index contributed by atoms with van der Waals surface area (Å²) in [5.41, 5.74) is 1.23. The average molecular weight is 387 g/mol. The second-order valence-electron chi connectivity index (χ2n) is 6.29. The molecule has 2 aromatic rings. The minimum Gasteiger partial charge on any atom is -0.356 e. The Balaban J connectivity index is 1.35. The molecule has 0 bridgehead atoms. The van der Waals surface area contributed by atoms with Crippen molar-refractivity contribution in [3.05, 3.63) is 46.8 Å². The zero-order chi connectivity index (χ0) is 18.9. The van der Waals surface area contributed by atoms with Crippen LogP contribution in [0.1, 0.15) is 12.0 Å². The fourth-order valence-corrected chi connectivity index (χ4v) is 3.64. The van der Waals surface area contributed by atoms with E-state index in [0.29, 0.717) is 18.9 Å². The molecule has 0 unspecified atom stereocenters. The molecule has 144 valence electrons. The summed E-state index contributed by atoms with van der Waals surface area (Å²) in [4.78, 5) is 25.2. The molecule has 2 aromatic heterocycles. The minimum atomic E-state index is 0.177. The van der Waals surface area contributed by atoms with Gasteiger partial charge in [0.25, 0.3) is 0 Å². The highest BCUT2D eigenvalue weighted by molar-refractivity contribution is 7.07. The van der Waals surface area contributed by atoms with Crippen molar-refractivity contribution in [1.29, 1.82) is 0 Å². The summed E-state index contributed by atoms with van der Waals surface area (Å²) in [7, 11) is 1.74. The van der Waals surface area contributed by atoms with E-state index in [0.717, 1.165) is 38.5 Å². The van der Waals surface area contributed by atoms with Gasteiger partial charge in [0.05, 0.1) is 0 Å². The van der Waals surface area contributed by atoms with Gasteiger partial charge in [0.15, 0.2) is 5.96 Å². The number of carbonyl (C=O) groups excluding carboxylic acids is 1. The van der Waals surface area contributed by atoms with Crippen molar-refractivity contribution in [3.63, 3.8) is 0 Å². The third-order valence-corrected chi connectivity index (χ3v) is 5.23. The van der Waals surface area contributed by atoms with Crippen LogP contribution in [0, 0.1) is 0 Å². The first-order valence-electron chi connectivity index (χ1n) is 9.15. The van der Waals surface area contributed by atoms with Crippen LogP contribution in [0.5, 0.6) is 0 Å². The predicted molar refractivity (Wildman–Crippen MR) is 110 cm³/mol. The fraction of sp³-hybridized carbons (Fsp3) is 0.421. The van der Waals surface area contributed by atoms with E-state index in [1.807, 2.05) is 23.1 Å². The molecule has 3 rings (SSSR count). The van der Waals surface area contributed by atoms with Gasteiger partial charge in [-0.2, -0.15) is 11.3 Å². The van der Waals surface area contributed by atoms with Crippen molar-refractivity contribution in [2.75, 3.05) is 44.7 Å². The van der Waals surface area contributed by atoms with Gasteiger partial charge < -0.3 is 20.4 Å². The van der Waals surface area contributed by atoms with Crippen LogP contribution < -0.4 is 15.5 Å². The summed E-state index contributed by atoms with van der Waals surface area (Å²) in [6.45, 7) is 4.41. The van der Waals surface area contributed by atoms with Crippen LogP contribution in [-0.2, 0) is 11.3 Å². The number of nitrogens with one attached hydrogen (secondary N) is 2. The van der Waals surface area contributed by atoms with Crippen LogP contribution >= 0.6 is 11.3 Å². The molecule has 1 saturated heterocycles. The third kappa shape index (κ3) is 5.68. The number of piperazine rings is 1. The van der Waals surface area contributed by atoms with Crippen LogP contribution in [0.15, 0.2) is 46.2 Å². The highest BCUT2D eigenvalue weighted by Gasteiger charge is 2.21. The Morgan fingerprint density at radius 2 is 2.07 bits per heavy atom. The quantitative estimate of drug-likeness (QED) is 0.582. The van der Waals surface area contributed by atoms with E-state index < -0.39 is 0 Å². The van der Waals surface area contributed by atoms with Gasteiger partial charge in [0, 0.05) is 58.9 Å². The highest BCUT2D eigenvalue weighted by Crippen LogP contribution is 2.12. The molecule has 0 spiro atoms. The van der Waals surface area contributed by atoms with Gasteiger partial charge in [0.1, 0.15) is 5.82 Å². The summed E-state index contributed by atoms with van der Waals surface area (Å²) in [5, 5.41) is 10.6. The van der Waals surface area contributed by atoms with E-state index >= 15 is 0 Å². The van der Waals surface area contributed by atoms with Gasteiger partial charge in [-0.3, -0.25) is 9.79 Å². The monoisotopic (exact) mass is 386 g/mol. The Hall–Kier alpha value is -2.61. The number of aromatic nitrogens is 1. The minimum absolute atomic E-state index is 0.177. The Kier molecular flexibility index (Phi) is 7.04. The maximum absolute atomic E-state index is 12.4. The molecule has 1 aliphatic heterocycles. The second kappa shape index (κ2) is 9.91. The number of hydrogen-bond donors (Lipinski definition) is 2. The lowest BCUT2D eigenvalue weighted by Crippen LogP contribution is -2.49. The number of carbonyl (C=O) groups is 1. The van der Waals surface area contributed by atoms with Gasteiger partial charge >= 0.3 is 0 Å². The predicted octanol–water partition coefficient (Wildman–Crippen LogP) is 1.55. The molecule has 0 aliphatic carbocycles. The summed E-state index contributed by atoms with van der Waals surface area (Å²) < 4.78 is 0. The molecule has 8 heteroatoms. The largest absolute Gasteiger partial charge is 0.356 e. The number of thiophene rings is 1. The van der Waals surface area contributed by atoms with Crippen molar-refractivity contribution < 1.29 is 4.79 Å². The first kappa shape index (κ1) is 19.2. The molecule has 0 radical (unpaired) electrons. The molecule has 1 fully saturated rings. The molecule has 3 heterocycles. The number of guanidine groups is 1. The number of nitrogens with zero attached hydrogens (tertiary/aromatic N) is 4. The van der Waals surface area contributed by atoms with Crippen LogP contribution in [-0.4, -0.2) is 61.5 Å². The van der Waals surface area contributed by atoms with Crippen molar-refractivity contribution in [3.8, 4) is 0 Å². The van der Waals surface area contributed by atoms with Crippen LogP contribution in [0.2, 0.25) is 0 Å². The van der Waals surface area contributed by atoms with E-state index in [9.17, 15) is 4.79 Å². The molecule has 7 nitrogen and oxygen atoms in total. The number of amides is 1. The Bertz CT molecular complexity index is 726. The van der Waals surface area contributed by atoms with Gasteiger partial charge in [0.2, 0.25) is 5.91 Å². The summed E-state index contributed by atoms with van der Waals surface area (Å²) in [6.07, 6.45) is 2.26. The van der Waals surface area contributed by atoms with E-state index in [4.69, 9.17) is 0 Å². The molecule has 0 saturated carbocycles. The molecule has 1 aliphatic rings. The highest BCUT2D eigenvalue weighted by atomic mass is 32.1. The van der Waals surface area contributed by atoms with E-state index in [1.54, 1.807) is 24.6 Å². The van der Waals surface area contributed by atoms with Crippen molar-refractivity contribution in [2.24, 2.45) is 4.99 Å². The standard InChI is InChI=1S/C19H26N6OS/c1-20-19(23-14-16-6-13-27-15-16)22-8-5-18(26)25-11-9-24(10-12-25)17-4-2-3-7-21-17/h2-4,6-7,13,15H,5,8-12,14H2,1H3,(H2,20,22,23). The third-order valence-electron chi connectivity index (χ3n) is 4.50. The maximum Gasteiger partial charge on any atom is 0.224 e. The number of pyridine rings is 1. The Labute approximate surface area is 164 Å². The number of hydrogen-bond acceptors (Lipinski definition) is 5. The van der Waals surface area contributed by atoms with Gasteiger partial charge in [-0.15, -0.1) is 0 Å². The maximum atomic E-state index is 12.4. The first-order chi connectivity index (χ1) is 13.3. The Morgan fingerprint density at radius 1 is 1.22 bits per heavy atom. The van der Waals surface area contributed by atoms with Gasteiger partial charge in [-0.05, 0) is 34.5 Å². The van der Waals surface area contributed by atoms with Crippen LogP contribution in [0.3, 0.4) is 0 Å². The first-order valence-corrected chi connectivity index (χ1v) is 10.1. The topological polar surface area (TPSA) is 72.9 Å². The van der Waals surface area contributed by atoms with E-state index in [2.05, 4.69) is 42.3 Å². The molecule has 0 atom stereocenters. The smallest absolute Gasteiger partial charge is 0.224 e. The fourth-order valence-electron chi connectivity index (χ4n) is 2.97. The Morgan fingerprint density at radius 3 is 2.74 bits per heavy atom.